The van der Waals surface area contributed by atoms with Gasteiger partial charge in [0.25, 0.3) is 5.91 Å². The molecule has 1 saturated heterocycles. The third kappa shape index (κ3) is 4.92. The number of amides is 1. The number of carbonyl (C=O) groups is 1. The highest BCUT2D eigenvalue weighted by Gasteiger charge is 2.17. The number of hydrogen-bond donors (Lipinski definition) is 1. The molecular formula is C22H29N3O4. The number of nitrogens with one attached hydrogen (secondary N) is 1. The van der Waals surface area contributed by atoms with Gasteiger partial charge in [0, 0.05) is 44.0 Å². The van der Waals surface area contributed by atoms with Crippen LogP contribution < -0.4 is 24.4 Å². The molecule has 0 atom stereocenters. The maximum Gasteiger partial charge on any atom is 0.251 e. The summed E-state index contributed by atoms with van der Waals surface area (Å²) in [5.74, 6) is 1.17. The molecule has 7 nitrogen and oxygen atoms in total. The Balaban J connectivity index is 1.63. The number of anilines is 1. The summed E-state index contributed by atoms with van der Waals surface area (Å²) in [5.41, 5.74) is 2.72. The second kappa shape index (κ2) is 9.52. The van der Waals surface area contributed by atoms with Crippen molar-refractivity contribution in [1.82, 2.24) is 10.2 Å². The third-order valence-corrected chi connectivity index (χ3v) is 5.18. The molecule has 1 amide bonds. The number of piperazine rings is 1. The Labute approximate surface area is 172 Å². The summed E-state index contributed by atoms with van der Waals surface area (Å²) < 4.78 is 15.9. The lowest BCUT2D eigenvalue weighted by Gasteiger charge is -2.34. The van der Waals surface area contributed by atoms with Crippen LogP contribution in [0.25, 0.3) is 0 Å². The number of carbonyl (C=O) groups excluding carboxylic acids is 1. The normalized spacial score (nSPS) is 14.4. The average Bonchev–Trinajstić information content (AvgIpc) is 2.77. The van der Waals surface area contributed by atoms with Crippen LogP contribution in [0.3, 0.4) is 0 Å². The molecule has 0 aromatic heterocycles. The largest absolute Gasteiger partial charge is 0.493 e. The van der Waals surface area contributed by atoms with Crippen LogP contribution in [0, 0.1) is 0 Å². The molecule has 7 heteroatoms. The van der Waals surface area contributed by atoms with Gasteiger partial charge in [0.1, 0.15) is 0 Å². The number of likely N-dealkylation sites (N-methyl/N-ethyl adjacent to an activating group) is 1. The van der Waals surface area contributed by atoms with Gasteiger partial charge in [-0.25, -0.2) is 0 Å². The molecule has 1 fully saturated rings. The van der Waals surface area contributed by atoms with Crippen molar-refractivity contribution in [2.24, 2.45) is 0 Å². The van der Waals surface area contributed by atoms with Crippen molar-refractivity contribution in [3.05, 3.63) is 47.5 Å². The molecule has 0 saturated carbocycles. The fourth-order valence-electron chi connectivity index (χ4n) is 3.39. The Morgan fingerprint density at radius 2 is 1.52 bits per heavy atom. The molecule has 3 rings (SSSR count). The fourth-order valence-corrected chi connectivity index (χ4v) is 3.39. The summed E-state index contributed by atoms with van der Waals surface area (Å²) >= 11 is 0. The molecule has 2 aromatic carbocycles. The number of benzene rings is 2. The first-order valence-electron chi connectivity index (χ1n) is 9.66. The van der Waals surface area contributed by atoms with Crippen LogP contribution in [0.5, 0.6) is 17.2 Å². The fraction of sp³-hybridized carbons (Fsp3) is 0.409. The van der Waals surface area contributed by atoms with Crippen molar-refractivity contribution < 1.29 is 19.0 Å². The van der Waals surface area contributed by atoms with Gasteiger partial charge in [0.15, 0.2) is 11.5 Å². The van der Waals surface area contributed by atoms with E-state index in [1.807, 2.05) is 0 Å². The summed E-state index contributed by atoms with van der Waals surface area (Å²) in [6.45, 7) is 4.67. The third-order valence-electron chi connectivity index (χ3n) is 5.18. The van der Waals surface area contributed by atoms with Crippen molar-refractivity contribution in [2.75, 3.05) is 59.5 Å². The molecular weight excluding hydrogens is 370 g/mol. The zero-order valence-corrected chi connectivity index (χ0v) is 17.5. The van der Waals surface area contributed by atoms with E-state index in [9.17, 15) is 4.79 Å². The van der Waals surface area contributed by atoms with Crippen LogP contribution in [0.15, 0.2) is 36.4 Å². The van der Waals surface area contributed by atoms with Crippen LogP contribution in [0.4, 0.5) is 5.69 Å². The van der Waals surface area contributed by atoms with Gasteiger partial charge in [-0.3, -0.25) is 4.79 Å². The van der Waals surface area contributed by atoms with Crippen LogP contribution in [0.2, 0.25) is 0 Å². The van der Waals surface area contributed by atoms with E-state index in [0.29, 0.717) is 29.4 Å². The van der Waals surface area contributed by atoms with Crippen LogP contribution in [-0.2, 0) is 6.54 Å². The second-order valence-corrected chi connectivity index (χ2v) is 7.05. The van der Waals surface area contributed by atoms with Crippen molar-refractivity contribution in [1.29, 1.82) is 0 Å². The first kappa shape index (κ1) is 20.8. The van der Waals surface area contributed by atoms with Gasteiger partial charge in [-0.2, -0.15) is 0 Å². The lowest BCUT2D eigenvalue weighted by molar-refractivity contribution is 0.0950. The molecule has 0 unspecified atom stereocenters. The van der Waals surface area contributed by atoms with Gasteiger partial charge in [0.2, 0.25) is 5.75 Å². The minimum Gasteiger partial charge on any atom is -0.493 e. The quantitative estimate of drug-likeness (QED) is 0.771. The first-order chi connectivity index (χ1) is 14.0. The molecule has 1 aliphatic rings. The van der Waals surface area contributed by atoms with E-state index in [4.69, 9.17) is 14.2 Å². The highest BCUT2D eigenvalue weighted by Crippen LogP contribution is 2.38. The minimum atomic E-state index is -0.201. The van der Waals surface area contributed by atoms with E-state index in [2.05, 4.69) is 46.4 Å². The molecule has 1 N–H and O–H groups in total. The highest BCUT2D eigenvalue weighted by atomic mass is 16.5. The van der Waals surface area contributed by atoms with Crippen LogP contribution in [-0.4, -0.2) is 65.4 Å². The molecule has 156 valence electrons. The Morgan fingerprint density at radius 3 is 2.03 bits per heavy atom. The van der Waals surface area contributed by atoms with Gasteiger partial charge in [-0.15, -0.1) is 0 Å². The number of hydrogen-bond acceptors (Lipinski definition) is 6. The smallest absolute Gasteiger partial charge is 0.251 e. The standard InChI is InChI=1S/C22H29N3O4/c1-24-9-11-25(12-10-24)18-7-5-16(6-8-18)15-23-22(26)17-13-19(27-2)21(29-4)20(14-17)28-3/h5-8,13-14H,9-12,15H2,1-4H3,(H,23,26). The Bertz CT molecular complexity index is 805. The van der Waals surface area contributed by atoms with Crippen molar-refractivity contribution in [3.63, 3.8) is 0 Å². The van der Waals surface area contributed by atoms with Crippen molar-refractivity contribution >= 4 is 11.6 Å². The van der Waals surface area contributed by atoms with Crippen LogP contribution in [0.1, 0.15) is 15.9 Å². The van der Waals surface area contributed by atoms with Crippen LogP contribution >= 0.6 is 0 Å². The van der Waals surface area contributed by atoms with Gasteiger partial charge in [-0.1, -0.05) is 12.1 Å². The first-order valence-corrected chi connectivity index (χ1v) is 9.66. The number of ether oxygens (including phenoxy) is 3. The summed E-state index contributed by atoms with van der Waals surface area (Å²) in [6, 6.07) is 11.6. The van der Waals surface area contributed by atoms with E-state index >= 15 is 0 Å². The molecule has 0 bridgehead atoms. The molecule has 0 radical (unpaired) electrons. The average molecular weight is 399 g/mol. The zero-order chi connectivity index (χ0) is 20.8. The molecule has 1 heterocycles. The van der Waals surface area contributed by atoms with Gasteiger partial charge in [-0.05, 0) is 36.9 Å². The molecule has 0 spiro atoms. The zero-order valence-electron chi connectivity index (χ0n) is 17.5. The predicted molar refractivity (Wildman–Crippen MR) is 113 cm³/mol. The molecule has 29 heavy (non-hydrogen) atoms. The summed E-state index contributed by atoms with van der Waals surface area (Å²) in [5, 5.41) is 2.95. The van der Waals surface area contributed by atoms with Gasteiger partial charge in [0.05, 0.1) is 21.3 Å². The molecule has 1 aliphatic heterocycles. The lowest BCUT2D eigenvalue weighted by Crippen LogP contribution is -2.44. The molecule has 2 aromatic rings. The van der Waals surface area contributed by atoms with Crippen molar-refractivity contribution in [3.8, 4) is 17.2 Å². The predicted octanol–water partition coefficient (Wildman–Crippen LogP) is 2.39. The monoisotopic (exact) mass is 399 g/mol. The highest BCUT2D eigenvalue weighted by molar-refractivity contribution is 5.95. The van der Waals surface area contributed by atoms with E-state index in [-0.39, 0.29) is 5.91 Å². The summed E-state index contributed by atoms with van der Waals surface area (Å²) in [7, 11) is 6.74. The minimum absolute atomic E-state index is 0.201. The van der Waals surface area contributed by atoms with E-state index in [1.165, 1.54) is 27.0 Å². The Morgan fingerprint density at radius 1 is 0.931 bits per heavy atom. The number of rotatable bonds is 7. The topological polar surface area (TPSA) is 63.3 Å². The molecule has 0 aliphatic carbocycles. The van der Waals surface area contributed by atoms with E-state index in [1.54, 1.807) is 12.1 Å². The van der Waals surface area contributed by atoms with Gasteiger partial charge < -0.3 is 29.3 Å². The SMILES string of the molecule is COc1cc(C(=O)NCc2ccc(N3CCN(C)CC3)cc2)cc(OC)c1OC. The summed E-state index contributed by atoms with van der Waals surface area (Å²) in [4.78, 5) is 17.3. The Kier molecular flexibility index (Phi) is 6.82. The lowest BCUT2D eigenvalue weighted by atomic mass is 10.1. The van der Waals surface area contributed by atoms with Gasteiger partial charge >= 0.3 is 0 Å². The van der Waals surface area contributed by atoms with Crippen molar-refractivity contribution in [2.45, 2.75) is 6.54 Å². The number of nitrogens with zero attached hydrogens (tertiary/aromatic N) is 2. The summed E-state index contributed by atoms with van der Waals surface area (Å²) in [6.07, 6.45) is 0. The number of methoxy groups -OCH3 is 3. The maximum absolute atomic E-state index is 12.6. The second-order valence-electron chi connectivity index (χ2n) is 7.05. The Hall–Kier alpha value is -2.93. The van der Waals surface area contributed by atoms with E-state index in [0.717, 1.165) is 31.7 Å². The maximum atomic E-state index is 12.6. The van der Waals surface area contributed by atoms with E-state index < -0.39 is 0 Å².